The molecule has 1 saturated carbocycles. The first-order valence-corrected chi connectivity index (χ1v) is 8.87. The van der Waals surface area contributed by atoms with E-state index in [1.54, 1.807) is 0 Å². The van der Waals surface area contributed by atoms with Crippen LogP contribution in [0, 0.1) is 5.41 Å². The maximum atomic E-state index is 11.7. The normalized spacial score (nSPS) is 18.5. The zero-order chi connectivity index (χ0) is 17.0. The van der Waals surface area contributed by atoms with Crippen LogP contribution in [0.3, 0.4) is 0 Å². The highest BCUT2D eigenvalue weighted by Gasteiger charge is 2.43. The van der Waals surface area contributed by atoms with Crippen LogP contribution in [0.2, 0.25) is 0 Å². The second-order valence-corrected chi connectivity index (χ2v) is 6.84. The number of carbonyl (C=O) groups excluding carboxylic acids is 1. The van der Waals surface area contributed by atoms with Crippen LogP contribution in [0.15, 0.2) is 29.3 Å². The van der Waals surface area contributed by atoms with Crippen molar-refractivity contribution in [1.82, 2.24) is 10.2 Å². The highest BCUT2D eigenvalue weighted by molar-refractivity contribution is 14.0. The van der Waals surface area contributed by atoms with Crippen LogP contribution < -0.4 is 5.32 Å². The van der Waals surface area contributed by atoms with Gasteiger partial charge in [-0.3, -0.25) is 4.99 Å². The van der Waals surface area contributed by atoms with Gasteiger partial charge in [0.2, 0.25) is 0 Å². The maximum Gasteiger partial charge on any atom is 0.338 e. The van der Waals surface area contributed by atoms with Gasteiger partial charge in [0.15, 0.2) is 5.96 Å². The van der Waals surface area contributed by atoms with E-state index in [-0.39, 0.29) is 29.9 Å². The first kappa shape index (κ1) is 20.0. The molecular formula is C19H28IN3O2. The van der Waals surface area contributed by atoms with Crippen molar-refractivity contribution in [2.24, 2.45) is 10.4 Å². The molecule has 6 heteroatoms. The summed E-state index contributed by atoms with van der Waals surface area (Å²) >= 11 is 0. The molecule has 2 fully saturated rings. The summed E-state index contributed by atoms with van der Waals surface area (Å²) in [5.74, 6) is 0.712. The standard InChI is InChI=1S/C19H27N3O2.HI/c1-3-24-17(23)16-7-5-15(6-8-16)13-21-18(20-2)22-12-11-19(14-22)9-4-10-19;/h5-8H,3-4,9-14H2,1-2H3,(H,20,21);1H. The van der Waals surface area contributed by atoms with E-state index in [1.165, 1.54) is 25.7 Å². The van der Waals surface area contributed by atoms with Gasteiger partial charge in [0.25, 0.3) is 0 Å². The molecule has 1 aromatic carbocycles. The molecule has 1 heterocycles. The Hall–Kier alpha value is -1.31. The molecule has 138 valence electrons. The van der Waals surface area contributed by atoms with Gasteiger partial charge in [0.05, 0.1) is 12.2 Å². The van der Waals surface area contributed by atoms with Crippen molar-refractivity contribution in [2.75, 3.05) is 26.7 Å². The number of nitrogens with zero attached hydrogens (tertiary/aromatic N) is 2. The van der Waals surface area contributed by atoms with Gasteiger partial charge in [-0.25, -0.2) is 4.79 Å². The molecule has 1 N–H and O–H groups in total. The Morgan fingerprint density at radius 2 is 2.00 bits per heavy atom. The molecule has 1 aromatic rings. The molecule has 3 rings (SSSR count). The number of rotatable bonds is 4. The van der Waals surface area contributed by atoms with Crippen molar-refractivity contribution >= 4 is 35.9 Å². The second-order valence-electron chi connectivity index (χ2n) is 6.84. The Labute approximate surface area is 167 Å². The zero-order valence-electron chi connectivity index (χ0n) is 15.1. The summed E-state index contributed by atoms with van der Waals surface area (Å²) in [4.78, 5) is 18.5. The highest BCUT2D eigenvalue weighted by atomic mass is 127. The average Bonchev–Trinajstić information content (AvgIpc) is 3.02. The maximum absolute atomic E-state index is 11.7. The summed E-state index contributed by atoms with van der Waals surface area (Å²) in [6.45, 7) is 5.15. The van der Waals surface area contributed by atoms with Crippen LogP contribution in [0.4, 0.5) is 0 Å². The first-order valence-electron chi connectivity index (χ1n) is 8.87. The van der Waals surface area contributed by atoms with Gasteiger partial charge in [-0.1, -0.05) is 18.6 Å². The summed E-state index contributed by atoms with van der Waals surface area (Å²) in [5.41, 5.74) is 2.29. The van der Waals surface area contributed by atoms with Crippen molar-refractivity contribution in [2.45, 2.75) is 39.2 Å². The van der Waals surface area contributed by atoms with Crippen molar-refractivity contribution in [3.8, 4) is 0 Å². The number of esters is 1. The predicted octanol–water partition coefficient (Wildman–Crippen LogP) is 3.43. The van der Waals surface area contributed by atoms with Crippen LogP contribution in [-0.4, -0.2) is 43.6 Å². The molecule has 1 aliphatic carbocycles. The monoisotopic (exact) mass is 457 g/mol. The summed E-state index contributed by atoms with van der Waals surface area (Å²) in [6, 6.07) is 7.56. The lowest BCUT2D eigenvalue weighted by Gasteiger charge is -2.38. The molecule has 0 atom stereocenters. The van der Waals surface area contributed by atoms with Crippen LogP contribution in [0.1, 0.15) is 48.5 Å². The lowest BCUT2D eigenvalue weighted by molar-refractivity contribution is 0.0526. The third-order valence-corrected chi connectivity index (χ3v) is 5.28. The van der Waals surface area contributed by atoms with E-state index in [1.807, 2.05) is 38.2 Å². The highest BCUT2D eigenvalue weighted by Crippen LogP contribution is 2.47. The van der Waals surface area contributed by atoms with Gasteiger partial charge in [0.1, 0.15) is 0 Å². The fourth-order valence-electron chi connectivity index (χ4n) is 3.69. The Kier molecular flexibility index (Phi) is 7.10. The largest absolute Gasteiger partial charge is 0.462 e. The van der Waals surface area contributed by atoms with E-state index in [2.05, 4.69) is 15.2 Å². The van der Waals surface area contributed by atoms with Crippen molar-refractivity contribution in [3.63, 3.8) is 0 Å². The Morgan fingerprint density at radius 3 is 2.52 bits per heavy atom. The quantitative estimate of drug-likeness (QED) is 0.326. The van der Waals surface area contributed by atoms with Gasteiger partial charge in [-0.05, 0) is 49.3 Å². The molecule has 1 aliphatic heterocycles. The number of nitrogens with one attached hydrogen (secondary N) is 1. The van der Waals surface area contributed by atoms with Crippen molar-refractivity contribution < 1.29 is 9.53 Å². The number of hydrogen-bond acceptors (Lipinski definition) is 3. The number of benzene rings is 1. The molecule has 25 heavy (non-hydrogen) atoms. The fraction of sp³-hybridized carbons (Fsp3) is 0.579. The molecule has 1 saturated heterocycles. The number of guanidine groups is 1. The molecule has 2 aliphatic rings. The van der Waals surface area contributed by atoms with Gasteiger partial charge in [-0.2, -0.15) is 0 Å². The Balaban J connectivity index is 0.00000225. The summed E-state index contributed by atoms with van der Waals surface area (Å²) in [5, 5.41) is 3.45. The van der Waals surface area contributed by atoms with E-state index in [0.29, 0.717) is 24.1 Å². The second kappa shape index (κ2) is 8.87. The number of aliphatic imine (C=N–C) groups is 1. The van der Waals surface area contributed by atoms with Crippen molar-refractivity contribution in [3.05, 3.63) is 35.4 Å². The molecule has 5 nitrogen and oxygen atoms in total. The Bertz CT molecular complexity index is 612. The zero-order valence-corrected chi connectivity index (χ0v) is 17.4. The summed E-state index contributed by atoms with van der Waals surface area (Å²) in [6.07, 6.45) is 5.42. The minimum atomic E-state index is -0.268. The fourth-order valence-corrected chi connectivity index (χ4v) is 3.69. The smallest absolute Gasteiger partial charge is 0.338 e. The van der Waals surface area contributed by atoms with Gasteiger partial charge < -0.3 is 15.0 Å². The number of carbonyl (C=O) groups is 1. The minimum Gasteiger partial charge on any atom is -0.462 e. The van der Waals surface area contributed by atoms with Crippen molar-refractivity contribution in [1.29, 1.82) is 0 Å². The SMILES string of the molecule is CCOC(=O)c1ccc(CNC(=NC)N2CCC3(CCC3)C2)cc1.I. The van der Waals surface area contributed by atoms with Gasteiger partial charge >= 0.3 is 5.97 Å². The third-order valence-electron chi connectivity index (χ3n) is 5.28. The van der Waals surface area contributed by atoms with Gasteiger partial charge in [0, 0.05) is 26.7 Å². The number of likely N-dealkylation sites (tertiary alicyclic amines) is 1. The molecule has 0 amide bonds. The van der Waals surface area contributed by atoms with Crippen LogP contribution in [0.5, 0.6) is 0 Å². The van der Waals surface area contributed by atoms with E-state index < -0.39 is 0 Å². The third kappa shape index (κ3) is 4.65. The van der Waals surface area contributed by atoms with Gasteiger partial charge in [-0.15, -0.1) is 24.0 Å². The molecule has 0 bridgehead atoms. The average molecular weight is 457 g/mol. The van der Waals surface area contributed by atoms with E-state index >= 15 is 0 Å². The van der Waals surface area contributed by atoms with E-state index in [0.717, 1.165) is 24.6 Å². The molecule has 0 radical (unpaired) electrons. The topological polar surface area (TPSA) is 53.9 Å². The number of halogens is 1. The lowest BCUT2D eigenvalue weighted by atomic mass is 9.68. The molecule has 0 aromatic heterocycles. The van der Waals surface area contributed by atoms with E-state index in [9.17, 15) is 4.79 Å². The summed E-state index contributed by atoms with van der Waals surface area (Å²) in [7, 11) is 1.85. The molecule has 1 spiro atoms. The molecule has 0 unspecified atom stereocenters. The first-order chi connectivity index (χ1) is 11.7. The number of hydrogen-bond donors (Lipinski definition) is 1. The minimum absolute atomic E-state index is 0. The van der Waals surface area contributed by atoms with Crippen LogP contribution in [-0.2, 0) is 11.3 Å². The lowest BCUT2D eigenvalue weighted by Crippen LogP contribution is -2.42. The van der Waals surface area contributed by atoms with E-state index in [4.69, 9.17) is 4.74 Å². The Morgan fingerprint density at radius 1 is 1.28 bits per heavy atom. The summed E-state index contributed by atoms with van der Waals surface area (Å²) < 4.78 is 5.01. The number of ether oxygens (including phenoxy) is 1. The van der Waals surface area contributed by atoms with Crippen LogP contribution in [0.25, 0.3) is 0 Å². The predicted molar refractivity (Wildman–Crippen MR) is 110 cm³/mol. The molecular weight excluding hydrogens is 429 g/mol. The van der Waals surface area contributed by atoms with Crippen LogP contribution >= 0.6 is 24.0 Å².